The summed E-state index contributed by atoms with van der Waals surface area (Å²) in [5, 5.41) is 2.55. The monoisotopic (exact) mass is 163 g/mol. The Morgan fingerprint density at radius 2 is 2.25 bits per heavy atom. The maximum absolute atomic E-state index is 11.2. The van der Waals surface area contributed by atoms with Gasteiger partial charge in [-0.25, -0.2) is 0 Å². The minimum Gasteiger partial charge on any atom is -0.341 e. The molecule has 0 saturated heterocycles. The number of hydrogen-bond donors (Lipinski definition) is 1. The van der Waals surface area contributed by atoms with E-state index in [9.17, 15) is 4.79 Å². The van der Waals surface area contributed by atoms with Gasteiger partial charge in [-0.05, 0) is 5.92 Å². The molecule has 0 spiro atoms. The van der Waals surface area contributed by atoms with E-state index >= 15 is 0 Å². The van der Waals surface area contributed by atoms with E-state index < -0.39 is 0 Å². The van der Waals surface area contributed by atoms with Crippen LogP contribution in [0.3, 0.4) is 0 Å². The van der Waals surface area contributed by atoms with Crippen LogP contribution < -0.4 is 5.32 Å². The summed E-state index contributed by atoms with van der Waals surface area (Å²) in [6.45, 7) is 7.50. The minimum absolute atomic E-state index is 0.125. The van der Waals surface area contributed by atoms with E-state index in [1.807, 2.05) is 13.8 Å². The summed E-state index contributed by atoms with van der Waals surface area (Å²) in [5.41, 5.74) is 3.14. The molecule has 2 heteroatoms. The second kappa shape index (κ2) is 5.23. The van der Waals surface area contributed by atoms with Gasteiger partial charge in [0.05, 0.1) is 12.1 Å². The maximum Gasteiger partial charge on any atom is 0.255 e. The Bertz CT molecular complexity index is 252. The molecule has 2 nitrogen and oxygen atoms in total. The van der Waals surface area contributed by atoms with E-state index in [4.69, 9.17) is 6.42 Å². The molecule has 0 aliphatic rings. The van der Waals surface area contributed by atoms with Gasteiger partial charge in [-0.1, -0.05) is 26.3 Å². The molecule has 0 aromatic carbocycles. The molecule has 0 aliphatic carbocycles. The lowest BCUT2D eigenvalue weighted by atomic mass is 10.0. The Balaban J connectivity index is 4.28. The van der Waals surface area contributed by atoms with Crippen molar-refractivity contribution >= 4 is 5.91 Å². The first-order chi connectivity index (χ1) is 5.63. The topological polar surface area (TPSA) is 29.1 Å². The van der Waals surface area contributed by atoms with Gasteiger partial charge in [0.2, 0.25) is 0 Å². The zero-order valence-electron chi connectivity index (χ0n) is 7.48. The molecular weight excluding hydrogens is 150 g/mol. The second-order valence-electron chi connectivity index (χ2n) is 2.63. The quantitative estimate of drug-likeness (QED) is 0.377. The van der Waals surface area contributed by atoms with Crippen molar-refractivity contribution in [3.8, 4) is 12.3 Å². The molecule has 0 radical (unpaired) electrons. The van der Waals surface area contributed by atoms with E-state index in [0.29, 0.717) is 5.57 Å². The molecule has 1 N–H and O–H groups in total. The summed E-state index contributed by atoms with van der Waals surface area (Å²) in [4.78, 5) is 11.2. The lowest BCUT2D eigenvalue weighted by Crippen LogP contribution is -2.26. The van der Waals surface area contributed by atoms with Gasteiger partial charge >= 0.3 is 0 Å². The Hall–Kier alpha value is -1.45. The molecule has 0 rings (SSSR count). The third-order valence-electron chi connectivity index (χ3n) is 1.36. The van der Waals surface area contributed by atoms with Crippen LogP contribution in [0.1, 0.15) is 13.8 Å². The fraction of sp³-hybridized carbons (Fsp3) is 0.400. The predicted octanol–water partition coefficient (Wildman–Crippen LogP) is 1.10. The van der Waals surface area contributed by atoms with Crippen molar-refractivity contribution in [1.82, 2.24) is 5.32 Å². The molecule has 0 atom stereocenters. The summed E-state index contributed by atoms with van der Waals surface area (Å²) in [6, 6.07) is 0. The van der Waals surface area contributed by atoms with Crippen LogP contribution in [0.15, 0.2) is 17.9 Å². The fourth-order valence-electron chi connectivity index (χ4n) is 0.773. The lowest BCUT2D eigenvalue weighted by Gasteiger charge is -2.06. The van der Waals surface area contributed by atoms with E-state index in [1.165, 1.54) is 0 Å². The van der Waals surface area contributed by atoms with Crippen LogP contribution in [0, 0.1) is 18.3 Å². The fourth-order valence-corrected chi connectivity index (χ4v) is 0.773. The van der Waals surface area contributed by atoms with Crippen LogP contribution in [-0.2, 0) is 4.79 Å². The maximum atomic E-state index is 11.2. The first-order valence-corrected chi connectivity index (χ1v) is 3.75. The van der Waals surface area contributed by atoms with Crippen molar-refractivity contribution in [3.63, 3.8) is 0 Å². The zero-order valence-corrected chi connectivity index (χ0v) is 7.48. The van der Waals surface area contributed by atoms with E-state index in [-0.39, 0.29) is 18.4 Å². The molecule has 64 valence electrons. The summed E-state index contributed by atoms with van der Waals surface area (Å²) in [6.07, 6.45) is 4.98. The van der Waals surface area contributed by atoms with Crippen molar-refractivity contribution in [3.05, 3.63) is 17.9 Å². The minimum atomic E-state index is -0.182. The highest BCUT2D eigenvalue weighted by Crippen LogP contribution is 2.06. The van der Waals surface area contributed by atoms with Crippen molar-refractivity contribution < 1.29 is 4.79 Å². The van der Waals surface area contributed by atoms with Crippen LogP contribution >= 0.6 is 0 Å². The van der Waals surface area contributed by atoms with Crippen molar-refractivity contribution in [2.75, 3.05) is 6.54 Å². The third kappa shape index (κ3) is 3.09. The van der Waals surface area contributed by atoms with E-state index in [1.54, 1.807) is 0 Å². The van der Waals surface area contributed by atoms with Gasteiger partial charge in [-0.15, -0.1) is 12.2 Å². The molecule has 0 aromatic rings. The summed E-state index contributed by atoms with van der Waals surface area (Å²) >= 11 is 0. The van der Waals surface area contributed by atoms with Crippen LogP contribution in [0.2, 0.25) is 0 Å². The molecule has 1 amide bonds. The number of rotatable bonds is 3. The predicted molar refractivity (Wildman–Crippen MR) is 49.3 cm³/mol. The lowest BCUT2D eigenvalue weighted by molar-refractivity contribution is -0.117. The zero-order chi connectivity index (χ0) is 9.56. The highest BCUT2D eigenvalue weighted by Gasteiger charge is 2.10. The van der Waals surface area contributed by atoms with Crippen molar-refractivity contribution in [2.45, 2.75) is 13.8 Å². The largest absolute Gasteiger partial charge is 0.341 e. The number of nitrogens with one attached hydrogen (secondary N) is 1. The second-order valence-corrected chi connectivity index (χ2v) is 2.63. The third-order valence-corrected chi connectivity index (χ3v) is 1.36. The van der Waals surface area contributed by atoms with Crippen molar-refractivity contribution in [1.29, 1.82) is 0 Å². The number of carbonyl (C=O) groups is 1. The summed E-state index contributed by atoms with van der Waals surface area (Å²) in [7, 11) is 0. The smallest absolute Gasteiger partial charge is 0.255 e. The molecule has 0 aromatic heterocycles. The Kier molecular flexibility index (Phi) is 4.60. The number of amides is 1. The van der Waals surface area contributed by atoms with Gasteiger partial charge in [0.15, 0.2) is 0 Å². The number of hydrogen-bond acceptors (Lipinski definition) is 1. The van der Waals surface area contributed by atoms with Crippen LogP contribution in [-0.4, -0.2) is 12.5 Å². The average Bonchev–Trinajstić information content (AvgIpc) is 2.01. The normalized spacial score (nSPS) is 8.50. The number of carbonyl (C=O) groups excluding carboxylic acids is 1. The van der Waals surface area contributed by atoms with Gasteiger partial charge < -0.3 is 5.32 Å². The first kappa shape index (κ1) is 10.6. The first-order valence-electron chi connectivity index (χ1n) is 3.75. The van der Waals surface area contributed by atoms with Gasteiger partial charge in [0.1, 0.15) is 0 Å². The van der Waals surface area contributed by atoms with Crippen LogP contribution in [0.25, 0.3) is 0 Å². The van der Waals surface area contributed by atoms with Crippen LogP contribution in [0.4, 0.5) is 0 Å². The standard InChI is InChI=1S/C10H13NO/c1-5-7-11-10(12)9(6-2)8(3)4/h1,8H,2,7H2,3-4H3,(H,11,12). The molecule has 12 heavy (non-hydrogen) atoms. The van der Waals surface area contributed by atoms with E-state index in [2.05, 4.69) is 23.5 Å². The molecule has 0 fully saturated rings. The molecule has 0 saturated carbocycles. The Labute approximate surface area is 73.4 Å². The van der Waals surface area contributed by atoms with Gasteiger partial charge in [-0.3, -0.25) is 4.79 Å². The van der Waals surface area contributed by atoms with Gasteiger partial charge in [-0.2, -0.15) is 0 Å². The van der Waals surface area contributed by atoms with Crippen LogP contribution in [0.5, 0.6) is 0 Å². The Morgan fingerprint density at radius 3 is 2.58 bits per heavy atom. The van der Waals surface area contributed by atoms with Gasteiger partial charge in [0, 0.05) is 0 Å². The highest BCUT2D eigenvalue weighted by molar-refractivity contribution is 5.93. The average molecular weight is 163 g/mol. The molecule has 0 unspecified atom stereocenters. The van der Waals surface area contributed by atoms with Gasteiger partial charge in [0.25, 0.3) is 5.91 Å². The SMILES string of the molecule is C#CCNC(=O)C(=C=C)C(C)C. The molecule has 0 heterocycles. The van der Waals surface area contributed by atoms with E-state index in [0.717, 1.165) is 0 Å². The Morgan fingerprint density at radius 1 is 1.67 bits per heavy atom. The highest BCUT2D eigenvalue weighted by atomic mass is 16.1. The summed E-state index contributed by atoms with van der Waals surface area (Å²) in [5.74, 6) is 2.27. The molecule has 0 aliphatic heterocycles. The molecular formula is C10H13NO. The summed E-state index contributed by atoms with van der Waals surface area (Å²) < 4.78 is 0. The molecule has 0 bridgehead atoms. The number of terminal acetylenes is 1. The van der Waals surface area contributed by atoms with Crippen molar-refractivity contribution in [2.24, 2.45) is 5.92 Å².